The van der Waals surface area contributed by atoms with Crippen LogP contribution in [0.1, 0.15) is 25.5 Å². The summed E-state index contributed by atoms with van der Waals surface area (Å²) in [6.45, 7) is 4.12. The van der Waals surface area contributed by atoms with Crippen LogP contribution >= 0.6 is 22.6 Å². The third kappa shape index (κ3) is 3.58. The fraction of sp³-hybridized carbons (Fsp3) is 0.556. The van der Waals surface area contributed by atoms with Gasteiger partial charge in [-0.15, -0.1) is 0 Å². The Morgan fingerprint density at radius 2 is 2.33 bits per heavy atom. The van der Waals surface area contributed by atoms with Crippen LogP contribution in [0.3, 0.4) is 0 Å². The molecule has 0 aromatic carbocycles. The Hall–Kier alpha value is -0.0300. The van der Waals surface area contributed by atoms with Crippen LogP contribution in [0.2, 0.25) is 0 Å². The van der Waals surface area contributed by atoms with Crippen LogP contribution in [-0.4, -0.2) is 6.54 Å². The van der Waals surface area contributed by atoms with Crippen molar-refractivity contribution < 1.29 is 4.42 Å². The molecule has 0 unspecified atom stereocenters. The van der Waals surface area contributed by atoms with Crippen LogP contribution in [0.5, 0.6) is 0 Å². The van der Waals surface area contributed by atoms with Gasteiger partial charge >= 0.3 is 0 Å². The first-order chi connectivity index (χ1) is 5.83. The fourth-order valence-electron chi connectivity index (χ4n) is 0.960. The monoisotopic (exact) mass is 279 g/mol. The summed E-state index contributed by atoms with van der Waals surface area (Å²) >= 11 is 2.17. The number of hydrogen-bond acceptors (Lipinski definition) is 2. The van der Waals surface area contributed by atoms with E-state index in [2.05, 4.69) is 34.8 Å². The highest BCUT2D eigenvalue weighted by Gasteiger charge is 1.97. The van der Waals surface area contributed by atoms with Gasteiger partial charge in [-0.3, -0.25) is 0 Å². The first kappa shape index (κ1) is 10.1. The number of hydrogen-bond donors (Lipinski definition) is 1. The van der Waals surface area contributed by atoms with Gasteiger partial charge in [0.15, 0.2) is 3.77 Å². The van der Waals surface area contributed by atoms with Gasteiger partial charge in [-0.2, -0.15) is 0 Å². The predicted octanol–water partition coefficient (Wildman–Crippen LogP) is 2.77. The topological polar surface area (TPSA) is 25.2 Å². The second-order valence-electron chi connectivity index (χ2n) is 2.74. The Labute approximate surface area is 86.9 Å². The summed E-state index contributed by atoms with van der Waals surface area (Å²) in [5.41, 5.74) is 0. The highest BCUT2D eigenvalue weighted by atomic mass is 127. The van der Waals surface area contributed by atoms with Gasteiger partial charge in [-0.1, -0.05) is 13.3 Å². The summed E-state index contributed by atoms with van der Waals surface area (Å²) in [6, 6.07) is 4.00. The molecule has 0 saturated carbocycles. The normalized spacial score (nSPS) is 10.5. The van der Waals surface area contributed by atoms with Crippen LogP contribution in [0.15, 0.2) is 16.5 Å². The molecule has 1 heterocycles. The minimum absolute atomic E-state index is 0.850. The van der Waals surface area contributed by atoms with Gasteiger partial charge in [0.2, 0.25) is 0 Å². The molecule has 1 N–H and O–H groups in total. The van der Waals surface area contributed by atoms with Crippen molar-refractivity contribution in [1.82, 2.24) is 5.32 Å². The molecule has 0 aliphatic heterocycles. The number of furan rings is 1. The molecule has 1 aromatic rings. The van der Waals surface area contributed by atoms with Crippen molar-refractivity contribution in [3.8, 4) is 0 Å². The molecular weight excluding hydrogens is 265 g/mol. The fourth-order valence-corrected chi connectivity index (χ4v) is 1.42. The van der Waals surface area contributed by atoms with E-state index in [9.17, 15) is 0 Å². The second kappa shape index (κ2) is 5.59. The van der Waals surface area contributed by atoms with Gasteiger partial charge in [0.1, 0.15) is 5.76 Å². The average molecular weight is 279 g/mol. The van der Waals surface area contributed by atoms with E-state index < -0.39 is 0 Å². The molecule has 1 rings (SSSR count). The number of nitrogens with one attached hydrogen (secondary N) is 1. The molecule has 0 spiro atoms. The number of rotatable bonds is 5. The first-order valence-electron chi connectivity index (χ1n) is 4.28. The Balaban J connectivity index is 2.15. The van der Waals surface area contributed by atoms with Crippen molar-refractivity contribution in [2.45, 2.75) is 26.3 Å². The van der Waals surface area contributed by atoms with Crippen LogP contribution in [0, 0.1) is 3.77 Å². The quantitative estimate of drug-likeness (QED) is 0.662. The van der Waals surface area contributed by atoms with Crippen molar-refractivity contribution in [1.29, 1.82) is 0 Å². The number of unbranched alkanes of at least 4 members (excludes halogenated alkanes) is 1. The van der Waals surface area contributed by atoms with Gasteiger partial charge in [0.05, 0.1) is 6.54 Å². The smallest absolute Gasteiger partial charge is 0.164 e. The Kier molecular flexibility index (Phi) is 4.68. The van der Waals surface area contributed by atoms with E-state index in [1.807, 2.05) is 12.1 Å². The maximum Gasteiger partial charge on any atom is 0.164 e. The first-order valence-corrected chi connectivity index (χ1v) is 5.35. The predicted molar refractivity (Wildman–Crippen MR) is 58.0 cm³/mol. The molecule has 0 atom stereocenters. The maximum absolute atomic E-state index is 5.39. The van der Waals surface area contributed by atoms with Crippen LogP contribution in [0.4, 0.5) is 0 Å². The van der Waals surface area contributed by atoms with E-state index >= 15 is 0 Å². The largest absolute Gasteiger partial charge is 0.454 e. The van der Waals surface area contributed by atoms with Gasteiger partial charge < -0.3 is 9.73 Å². The lowest BCUT2D eigenvalue weighted by atomic mass is 10.3. The van der Waals surface area contributed by atoms with Gasteiger partial charge in [0, 0.05) is 0 Å². The summed E-state index contributed by atoms with van der Waals surface area (Å²) in [4.78, 5) is 0. The number of halogens is 1. The van der Waals surface area contributed by atoms with Gasteiger partial charge in [-0.05, 0) is 47.7 Å². The lowest BCUT2D eigenvalue weighted by molar-refractivity contribution is 0.461. The zero-order chi connectivity index (χ0) is 8.81. The molecule has 0 radical (unpaired) electrons. The van der Waals surface area contributed by atoms with Crippen molar-refractivity contribution >= 4 is 22.6 Å². The molecule has 1 aromatic heterocycles. The molecule has 0 amide bonds. The summed E-state index contributed by atoms with van der Waals surface area (Å²) in [5.74, 6) is 1.02. The molecule has 2 nitrogen and oxygen atoms in total. The Morgan fingerprint density at radius 3 is 2.92 bits per heavy atom. The molecule has 0 aliphatic rings. The molecular formula is C9H14INO. The SMILES string of the molecule is CCCCNCc1ccc(I)o1. The third-order valence-corrected chi connectivity index (χ3v) is 2.21. The molecule has 0 aliphatic carbocycles. The minimum Gasteiger partial charge on any atom is -0.454 e. The van der Waals surface area contributed by atoms with E-state index in [-0.39, 0.29) is 0 Å². The molecule has 0 saturated heterocycles. The average Bonchev–Trinajstić information content (AvgIpc) is 2.45. The van der Waals surface area contributed by atoms with E-state index in [4.69, 9.17) is 4.42 Å². The van der Waals surface area contributed by atoms with E-state index in [1.165, 1.54) is 12.8 Å². The van der Waals surface area contributed by atoms with E-state index in [0.717, 1.165) is 22.6 Å². The third-order valence-electron chi connectivity index (χ3n) is 1.64. The lowest BCUT2D eigenvalue weighted by Crippen LogP contribution is -2.13. The second-order valence-corrected chi connectivity index (χ2v) is 3.80. The van der Waals surface area contributed by atoms with Crippen LogP contribution in [0.25, 0.3) is 0 Å². The highest BCUT2D eigenvalue weighted by Crippen LogP contribution is 2.09. The summed E-state index contributed by atoms with van der Waals surface area (Å²) < 4.78 is 6.35. The standard InChI is InChI=1S/C9H14INO/c1-2-3-6-11-7-8-4-5-9(10)12-8/h4-5,11H,2-3,6-7H2,1H3. The minimum atomic E-state index is 0.850. The van der Waals surface area contributed by atoms with Crippen molar-refractivity contribution in [2.24, 2.45) is 0 Å². The highest BCUT2D eigenvalue weighted by molar-refractivity contribution is 14.1. The van der Waals surface area contributed by atoms with Crippen molar-refractivity contribution in [3.05, 3.63) is 21.7 Å². The molecule has 12 heavy (non-hydrogen) atoms. The Morgan fingerprint density at radius 1 is 1.50 bits per heavy atom. The Bertz CT molecular complexity index is 222. The van der Waals surface area contributed by atoms with Crippen molar-refractivity contribution in [3.63, 3.8) is 0 Å². The zero-order valence-corrected chi connectivity index (χ0v) is 9.43. The molecule has 3 heteroatoms. The lowest BCUT2D eigenvalue weighted by Gasteiger charge is -1.99. The zero-order valence-electron chi connectivity index (χ0n) is 7.27. The van der Waals surface area contributed by atoms with Crippen LogP contribution in [-0.2, 0) is 6.54 Å². The van der Waals surface area contributed by atoms with E-state index in [0.29, 0.717) is 0 Å². The van der Waals surface area contributed by atoms with Gasteiger partial charge in [-0.25, -0.2) is 0 Å². The van der Waals surface area contributed by atoms with Crippen molar-refractivity contribution in [2.75, 3.05) is 6.54 Å². The summed E-state index contributed by atoms with van der Waals surface area (Å²) in [5, 5.41) is 3.32. The molecule has 0 fully saturated rings. The molecule has 0 bridgehead atoms. The van der Waals surface area contributed by atoms with E-state index in [1.54, 1.807) is 0 Å². The maximum atomic E-state index is 5.39. The summed E-state index contributed by atoms with van der Waals surface area (Å²) in [6.07, 6.45) is 2.47. The molecule has 68 valence electrons. The van der Waals surface area contributed by atoms with Crippen LogP contribution < -0.4 is 5.32 Å². The summed E-state index contributed by atoms with van der Waals surface area (Å²) in [7, 11) is 0. The van der Waals surface area contributed by atoms with Gasteiger partial charge in [0.25, 0.3) is 0 Å².